The van der Waals surface area contributed by atoms with E-state index in [0.29, 0.717) is 0 Å². The van der Waals surface area contributed by atoms with Crippen LogP contribution in [0.15, 0.2) is 24.3 Å². The molecule has 0 fully saturated rings. The standard InChI is InChI=1S/C13H18O2S/c1-2-3-8-16-10-12-7-5-4-6-11(12)9-13(14)15/h4-7H,2-3,8-10H2,1H3,(H,14,15). The fraction of sp³-hybridized carbons (Fsp3) is 0.462. The maximum absolute atomic E-state index is 10.7. The highest BCUT2D eigenvalue weighted by Gasteiger charge is 2.05. The van der Waals surface area contributed by atoms with Crippen LogP contribution in [0, 0.1) is 0 Å². The van der Waals surface area contributed by atoms with Crippen molar-refractivity contribution in [1.82, 2.24) is 0 Å². The Kier molecular flexibility index (Phi) is 6.01. The second kappa shape index (κ2) is 7.34. The Morgan fingerprint density at radius 3 is 2.62 bits per heavy atom. The molecule has 1 rings (SSSR count). The molecule has 0 saturated heterocycles. The molecule has 16 heavy (non-hydrogen) atoms. The number of hydrogen-bond acceptors (Lipinski definition) is 2. The molecule has 0 aromatic heterocycles. The van der Waals surface area contributed by atoms with Crippen molar-refractivity contribution in [3.8, 4) is 0 Å². The molecule has 0 amide bonds. The van der Waals surface area contributed by atoms with Crippen LogP contribution in [0.25, 0.3) is 0 Å². The fourth-order valence-corrected chi connectivity index (χ4v) is 2.60. The molecule has 1 N–H and O–H groups in total. The van der Waals surface area contributed by atoms with E-state index in [0.717, 1.165) is 22.6 Å². The average molecular weight is 238 g/mol. The third-order valence-corrected chi connectivity index (χ3v) is 3.45. The zero-order chi connectivity index (χ0) is 11.8. The Hall–Kier alpha value is -0.960. The van der Waals surface area contributed by atoms with Crippen molar-refractivity contribution in [3.05, 3.63) is 35.4 Å². The van der Waals surface area contributed by atoms with Crippen molar-refractivity contribution < 1.29 is 9.90 Å². The number of aliphatic carboxylic acids is 1. The van der Waals surface area contributed by atoms with Gasteiger partial charge >= 0.3 is 5.97 Å². The Bertz CT molecular complexity index is 336. The van der Waals surface area contributed by atoms with Gasteiger partial charge in [0.25, 0.3) is 0 Å². The summed E-state index contributed by atoms with van der Waals surface area (Å²) in [6, 6.07) is 7.81. The van der Waals surface area contributed by atoms with E-state index in [1.165, 1.54) is 12.8 Å². The van der Waals surface area contributed by atoms with Crippen molar-refractivity contribution >= 4 is 17.7 Å². The van der Waals surface area contributed by atoms with E-state index in [2.05, 4.69) is 6.92 Å². The highest BCUT2D eigenvalue weighted by molar-refractivity contribution is 7.98. The van der Waals surface area contributed by atoms with Crippen LogP contribution in [0.3, 0.4) is 0 Å². The average Bonchev–Trinajstić information content (AvgIpc) is 2.26. The van der Waals surface area contributed by atoms with E-state index in [9.17, 15) is 4.79 Å². The van der Waals surface area contributed by atoms with Crippen LogP contribution in [0.2, 0.25) is 0 Å². The van der Waals surface area contributed by atoms with Crippen LogP contribution in [0.1, 0.15) is 30.9 Å². The van der Waals surface area contributed by atoms with E-state index < -0.39 is 5.97 Å². The first-order chi connectivity index (χ1) is 7.74. The minimum Gasteiger partial charge on any atom is -0.481 e. The van der Waals surface area contributed by atoms with Crippen molar-refractivity contribution in [2.24, 2.45) is 0 Å². The third-order valence-electron chi connectivity index (χ3n) is 2.36. The van der Waals surface area contributed by atoms with Crippen LogP contribution in [0.5, 0.6) is 0 Å². The Morgan fingerprint density at radius 1 is 1.31 bits per heavy atom. The smallest absolute Gasteiger partial charge is 0.307 e. The quantitative estimate of drug-likeness (QED) is 0.740. The molecule has 3 heteroatoms. The molecule has 0 spiro atoms. The van der Waals surface area contributed by atoms with Gasteiger partial charge in [-0.25, -0.2) is 0 Å². The minimum absolute atomic E-state index is 0.129. The van der Waals surface area contributed by atoms with Crippen molar-refractivity contribution in [1.29, 1.82) is 0 Å². The summed E-state index contributed by atoms with van der Waals surface area (Å²) in [5, 5.41) is 8.79. The SMILES string of the molecule is CCCCSCc1ccccc1CC(=O)O. The topological polar surface area (TPSA) is 37.3 Å². The maximum Gasteiger partial charge on any atom is 0.307 e. The molecule has 0 aliphatic heterocycles. The summed E-state index contributed by atoms with van der Waals surface area (Å²) in [4.78, 5) is 10.7. The molecule has 1 aromatic rings. The number of rotatable bonds is 7. The lowest BCUT2D eigenvalue weighted by Crippen LogP contribution is -2.03. The molecule has 0 aliphatic rings. The van der Waals surface area contributed by atoms with Crippen molar-refractivity contribution in [2.75, 3.05) is 5.75 Å². The van der Waals surface area contributed by atoms with Gasteiger partial charge in [0, 0.05) is 5.75 Å². The van der Waals surface area contributed by atoms with E-state index in [4.69, 9.17) is 5.11 Å². The van der Waals surface area contributed by atoms with E-state index in [1.807, 2.05) is 36.0 Å². The third kappa shape index (κ3) is 4.71. The molecule has 0 aliphatic carbocycles. The van der Waals surface area contributed by atoms with E-state index in [1.54, 1.807) is 0 Å². The van der Waals surface area contributed by atoms with Crippen LogP contribution in [-0.4, -0.2) is 16.8 Å². The molecule has 0 saturated carbocycles. The minimum atomic E-state index is -0.758. The van der Waals surface area contributed by atoms with Gasteiger partial charge < -0.3 is 5.11 Å². The number of carboxylic acids is 1. The Balaban J connectivity index is 2.53. The number of unbranched alkanes of at least 4 members (excludes halogenated alkanes) is 1. The summed E-state index contributed by atoms with van der Waals surface area (Å²) in [5.74, 6) is 1.31. The molecule has 0 heterocycles. The van der Waals surface area contributed by atoms with E-state index >= 15 is 0 Å². The second-order valence-corrected chi connectivity index (χ2v) is 4.85. The predicted octanol–water partition coefficient (Wildman–Crippen LogP) is 3.35. The second-order valence-electron chi connectivity index (χ2n) is 3.75. The van der Waals surface area contributed by atoms with Gasteiger partial charge in [-0.05, 0) is 23.3 Å². The first kappa shape index (κ1) is 13.1. The Morgan fingerprint density at radius 2 is 2.00 bits per heavy atom. The normalized spacial score (nSPS) is 10.3. The van der Waals surface area contributed by atoms with Gasteiger partial charge in [-0.3, -0.25) is 4.79 Å². The van der Waals surface area contributed by atoms with Crippen LogP contribution >= 0.6 is 11.8 Å². The molecular weight excluding hydrogens is 220 g/mol. The summed E-state index contributed by atoms with van der Waals surface area (Å²) < 4.78 is 0. The van der Waals surface area contributed by atoms with Gasteiger partial charge in [-0.1, -0.05) is 37.6 Å². The van der Waals surface area contributed by atoms with Crippen molar-refractivity contribution in [3.63, 3.8) is 0 Å². The molecule has 0 bridgehead atoms. The van der Waals surface area contributed by atoms with Gasteiger partial charge in [0.15, 0.2) is 0 Å². The van der Waals surface area contributed by atoms with Gasteiger partial charge in [-0.2, -0.15) is 11.8 Å². The zero-order valence-corrected chi connectivity index (χ0v) is 10.4. The number of benzene rings is 1. The summed E-state index contributed by atoms with van der Waals surface area (Å²) in [7, 11) is 0. The summed E-state index contributed by atoms with van der Waals surface area (Å²) >= 11 is 1.88. The number of hydrogen-bond donors (Lipinski definition) is 1. The molecule has 0 radical (unpaired) electrons. The van der Waals surface area contributed by atoms with Crippen LogP contribution in [0.4, 0.5) is 0 Å². The molecule has 2 nitrogen and oxygen atoms in total. The Labute approximate surface area is 101 Å². The molecule has 0 atom stereocenters. The van der Waals surface area contributed by atoms with Gasteiger partial charge in [-0.15, -0.1) is 0 Å². The lowest BCUT2D eigenvalue weighted by molar-refractivity contribution is -0.136. The van der Waals surface area contributed by atoms with Gasteiger partial charge in [0.1, 0.15) is 0 Å². The maximum atomic E-state index is 10.7. The summed E-state index contributed by atoms with van der Waals surface area (Å²) in [6.45, 7) is 2.18. The predicted molar refractivity (Wildman–Crippen MR) is 68.9 cm³/mol. The van der Waals surface area contributed by atoms with Gasteiger partial charge in [0.2, 0.25) is 0 Å². The van der Waals surface area contributed by atoms with Gasteiger partial charge in [0.05, 0.1) is 6.42 Å². The largest absolute Gasteiger partial charge is 0.481 e. The fourth-order valence-electron chi connectivity index (χ4n) is 1.46. The monoisotopic (exact) mass is 238 g/mol. The molecule has 88 valence electrons. The molecule has 0 unspecified atom stereocenters. The molecule has 1 aromatic carbocycles. The van der Waals surface area contributed by atoms with E-state index in [-0.39, 0.29) is 6.42 Å². The number of carbonyl (C=O) groups is 1. The molecular formula is C13H18O2S. The lowest BCUT2D eigenvalue weighted by atomic mass is 10.1. The van der Waals surface area contributed by atoms with Crippen LogP contribution in [-0.2, 0) is 17.0 Å². The summed E-state index contributed by atoms with van der Waals surface area (Å²) in [5.41, 5.74) is 2.10. The zero-order valence-electron chi connectivity index (χ0n) is 9.61. The highest BCUT2D eigenvalue weighted by atomic mass is 32.2. The number of thioether (sulfide) groups is 1. The first-order valence-electron chi connectivity index (χ1n) is 5.60. The summed E-state index contributed by atoms with van der Waals surface area (Å²) in [6.07, 6.45) is 2.57. The van der Waals surface area contributed by atoms with Crippen molar-refractivity contribution in [2.45, 2.75) is 31.9 Å². The first-order valence-corrected chi connectivity index (χ1v) is 6.75. The van der Waals surface area contributed by atoms with Crippen LogP contribution < -0.4 is 0 Å². The highest BCUT2D eigenvalue weighted by Crippen LogP contribution is 2.18. The number of carboxylic acid groups (broad SMARTS) is 1. The lowest BCUT2D eigenvalue weighted by Gasteiger charge is -2.07.